The van der Waals surface area contributed by atoms with Gasteiger partial charge in [-0.2, -0.15) is 0 Å². The Morgan fingerprint density at radius 2 is 1.85 bits per heavy atom. The molecule has 1 saturated heterocycles. The molecule has 1 atom stereocenters. The summed E-state index contributed by atoms with van der Waals surface area (Å²) in [6.07, 6.45) is 2.05. The van der Waals surface area contributed by atoms with Gasteiger partial charge in [0.05, 0.1) is 16.5 Å². The third-order valence-electron chi connectivity index (χ3n) is 3.53. The average molecular weight is 276 g/mol. The number of benzene rings is 1. The molecule has 2 rings (SSSR count). The van der Waals surface area contributed by atoms with Crippen LogP contribution in [-0.4, -0.2) is 34.0 Å². The van der Waals surface area contributed by atoms with E-state index in [1.54, 1.807) is 12.1 Å². The summed E-state index contributed by atoms with van der Waals surface area (Å²) in [5, 5.41) is 19.8. The zero-order valence-corrected chi connectivity index (χ0v) is 11.0. The fourth-order valence-corrected chi connectivity index (χ4v) is 2.53. The quantitative estimate of drug-likeness (QED) is 0.507. The summed E-state index contributed by atoms with van der Waals surface area (Å²) in [5.41, 5.74) is 0.820. The lowest BCUT2D eigenvalue weighted by Crippen LogP contribution is -2.29. The summed E-state index contributed by atoms with van der Waals surface area (Å²) < 4.78 is 0. The van der Waals surface area contributed by atoms with Crippen molar-refractivity contribution in [3.05, 3.63) is 52.1 Å². The second-order valence-electron chi connectivity index (χ2n) is 4.82. The Hall–Kier alpha value is -2.21. The Balaban J connectivity index is 2.32. The van der Waals surface area contributed by atoms with E-state index in [0.29, 0.717) is 0 Å². The van der Waals surface area contributed by atoms with Gasteiger partial charge in [-0.1, -0.05) is 18.7 Å². The number of carbonyl (C=O) groups is 1. The van der Waals surface area contributed by atoms with Crippen molar-refractivity contribution in [3.8, 4) is 0 Å². The Bertz CT molecular complexity index is 533. The average Bonchev–Trinajstić information content (AvgIpc) is 2.93. The lowest BCUT2D eigenvalue weighted by Gasteiger charge is -2.27. The number of likely N-dealkylation sites (tertiary alicyclic amines) is 1. The van der Waals surface area contributed by atoms with Gasteiger partial charge in [-0.05, 0) is 31.5 Å². The fraction of sp³-hybridized carbons (Fsp3) is 0.357. The number of hydrogen-bond donors (Lipinski definition) is 1. The molecule has 0 aliphatic carbocycles. The van der Waals surface area contributed by atoms with E-state index in [2.05, 4.69) is 11.5 Å². The van der Waals surface area contributed by atoms with Crippen molar-refractivity contribution >= 4 is 11.7 Å². The largest absolute Gasteiger partial charge is 0.478 e. The number of nitrogens with zero attached hydrogens (tertiary/aromatic N) is 2. The smallest absolute Gasteiger partial charge is 0.332 e. The van der Waals surface area contributed by atoms with Gasteiger partial charge in [0.2, 0.25) is 0 Å². The molecule has 20 heavy (non-hydrogen) atoms. The van der Waals surface area contributed by atoms with Gasteiger partial charge in [0, 0.05) is 12.1 Å². The van der Waals surface area contributed by atoms with Gasteiger partial charge in [-0.3, -0.25) is 15.0 Å². The van der Waals surface area contributed by atoms with Crippen molar-refractivity contribution in [3.63, 3.8) is 0 Å². The first kappa shape index (κ1) is 14.2. The first-order valence-electron chi connectivity index (χ1n) is 6.41. The van der Waals surface area contributed by atoms with Crippen LogP contribution in [-0.2, 0) is 4.79 Å². The zero-order valence-electron chi connectivity index (χ0n) is 11.0. The monoisotopic (exact) mass is 276 g/mol. The summed E-state index contributed by atoms with van der Waals surface area (Å²) in [4.78, 5) is 23.5. The Labute approximate surface area is 116 Å². The number of non-ortho nitro benzene ring substituents is 1. The Kier molecular flexibility index (Phi) is 4.14. The topological polar surface area (TPSA) is 83.7 Å². The first-order chi connectivity index (χ1) is 9.50. The molecule has 0 spiro atoms. The lowest BCUT2D eigenvalue weighted by atomic mass is 9.98. The summed E-state index contributed by atoms with van der Waals surface area (Å²) in [7, 11) is 0. The number of carboxylic acids is 1. The van der Waals surface area contributed by atoms with Crippen molar-refractivity contribution in [2.45, 2.75) is 18.9 Å². The fourth-order valence-electron chi connectivity index (χ4n) is 2.53. The summed E-state index contributed by atoms with van der Waals surface area (Å²) in [5.74, 6) is -1.04. The molecule has 1 aliphatic rings. The number of nitro benzene ring substituents is 1. The zero-order chi connectivity index (χ0) is 14.7. The summed E-state index contributed by atoms with van der Waals surface area (Å²) in [6, 6.07) is 5.58. The molecule has 6 nitrogen and oxygen atoms in total. The predicted octanol–water partition coefficient (Wildman–Crippen LogP) is 2.37. The van der Waals surface area contributed by atoms with Crippen molar-refractivity contribution in [1.82, 2.24) is 4.90 Å². The van der Waals surface area contributed by atoms with Crippen LogP contribution in [0.3, 0.4) is 0 Å². The lowest BCUT2D eigenvalue weighted by molar-refractivity contribution is -0.384. The van der Waals surface area contributed by atoms with E-state index in [1.807, 2.05) is 0 Å². The van der Waals surface area contributed by atoms with Crippen LogP contribution in [0.2, 0.25) is 0 Å². The van der Waals surface area contributed by atoms with Gasteiger partial charge in [0.25, 0.3) is 5.69 Å². The molecule has 0 amide bonds. The highest BCUT2D eigenvalue weighted by Gasteiger charge is 2.29. The van der Waals surface area contributed by atoms with Gasteiger partial charge >= 0.3 is 5.97 Å². The van der Waals surface area contributed by atoms with Crippen LogP contribution >= 0.6 is 0 Å². The van der Waals surface area contributed by atoms with E-state index < -0.39 is 16.9 Å². The van der Waals surface area contributed by atoms with Crippen LogP contribution in [0.4, 0.5) is 5.69 Å². The van der Waals surface area contributed by atoms with Gasteiger partial charge in [0.1, 0.15) is 0 Å². The molecule has 0 saturated carbocycles. The normalized spacial score (nSPS) is 16.8. The Morgan fingerprint density at radius 1 is 1.30 bits per heavy atom. The maximum Gasteiger partial charge on any atom is 0.332 e. The van der Waals surface area contributed by atoms with Crippen LogP contribution in [0.1, 0.15) is 24.4 Å². The van der Waals surface area contributed by atoms with E-state index >= 15 is 0 Å². The van der Waals surface area contributed by atoms with Crippen LogP contribution in [0.5, 0.6) is 0 Å². The highest BCUT2D eigenvalue weighted by atomic mass is 16.6. The molecule has 1 heterocycles. The highest BCUT2D eigenvalue weighted by Crippen LogP contribution is 2.31. The van der Waals surface area contributed by atoms with E-state index in [4.69, 9.17) is 0 Å². The SMILES string of the molecule is C=C(C(=O)O)[C@H](c1ccc([N+](=O)[O-])cc1)N1CCCC1. The molecule has 0 unspecified atom stereocenters. The molecule has 0 radical (unpaired) electrons. The van der Waals surface area contributed by atoms with Crippen LogP contribution in [0, 0.1) is 10.1 Å². The standard InChI is InChI=1S/C14H16N2O4/c1-10(14(17)18)13(15-8-2-3-9-15)11-4-6-12(7-5-11)16(19)20/h4-7,13H,1-3,8-9H2,(H,17,18)/t13-/m1/s1. The minimum Gasteiger partial charge on any atom is -0.478 e. The highest BCUT2D eigenvalue weighted by molar-refractivity contribution is 5.87. The summed E-state index contributed by atoms with van der Waals surface area (Å²) >= 11 is 0. The number of hydrogen-bond acceptors (Lipinski definition) is 4. The number of nitro groups is 1. The van der Waals surface area contributed by atoms with Gasteiger partial charge in [-0.15, -0.1) is 0 Å². The molecular formula is C14H16N2O4. The van der Waals surface area contributed by atoms with Crippen LogP contribution in [0.25, 0.3) is 0 Å². The molecule has 1 aliphatic heterocycles. The minimum atomic E-state index is -1.04. The van der Waals surface area contributed by atoms with Gasteiger partial charge < -0.3 is 5.11 Å². The maximum absolute atomic E-state index is 11.2. The van der Waals surface area contributed by atoms with Crippen molar-refractivity contribution in [1.29, 1.82) is 0 Å². The molecule has 1 N–H and O–H groups in total. The van der Waals surface area contributed by atoms with E-state index in [0.717, 1.165) is 31.5 Å². The van der Waals surface area contributed by atoms with E-state index in [-0.39, 0.29) is 11.3 Å². The number of aliphatic carboxylic acids is 1. The van der Waals surface area contributed by atoms with E-state index in [9.17, 15) is 20.0 Å². The van der Waals surface area contributed by atoms with E-state index in [1.165, 1.54) is 12.1 Å². The second kappa shape index (κ2) is 5.83. The van der Waals surface area contributed by atoms with Crippen molar-refractivity contribution in [2.24, 2.45) is 0 Å². The Morgan fingerprint density at radius 3 is 2.30 bits per heavy atom. The minimum absolute atomic E-state index is 0.00476. The third-order valence-corrected chi connectivity index (χ3v) is 3.53. The molecule has 106 valence electrons. The van der Waals surface area contributed by atoms with Crippen molar-refractivity contribution < 1.29 is 14.8 Å². The molecule has 1 fully saturated rings. The number of carboxylic acid groups (broad SMARTS) is 1. The van der Waals surface area contributed by atoms with Crippen LogP contribution < -0.4 is 0 Å². The van der Waals surface area contributed by atoms with Gasteiger partial charge in [0.15, 0.2) is 0 Å². The molecule has 6 heteroatoms. The maximum atomic E-state index is 11.2. The molecule has 1 aromatic carbocycles. The first-order valence-corrected chi connectivity index (χ1v) is 6.41. The van der Waals surface area contributed by atoms with Crippen molar-refractivity contribution in [2.75, 3.05) is 13.1 Å². The second-order valence-corrected chi connectivity index (χ2v) is 4.82. The molecular weight excluding hydrogens is 260 g/mol. The van der Waals surface area contributed by atoms with Gasteiger partial charge in [-0.25, -0.2) is 4.79 Å². The third kappa shape index (κ3) is 2.85. The predicted molar refractivity (Wildman–Crippen MR) is 73.4 cm³/mol. The number of rotatable bonds is 5. The summed E-state index contributed by atoms with van der Waals surface area (Å²) in [6.45, 7) is 5.28. The molecule has 1 aromatic rings. The molecule has 0 bridgehead atoms. The molecule has 0 aromatic heterocycles. The van der Waals surface area contributed by atoms with Crippen LogP contribution in [0.15, 0.2) is 36.4 Å².